The number of Topliss-reactive ketones (excluding diaryl/α,β-unsaturated/α-hetero) is 1. The fraction of sp³-hybridized carbons (Fsp3) is 0.438. The number of anilines is 1. The van der Waals surface area contributed by atoms with E-state index in [-0.39, 0.29) is 28.1 Å². The Labute approximate surface area is 144 Å². The van der Waals surface area contributed by atoms with Gasteiger partial charge in [-0.3, -0.25) is 14.3 Å². The molecule has 0 saturated carbocycles. The molecule has 2 aliphatic rings. The van der Waals surface area contributed by atoms with Gasteiger partial charge in [0.25, 0.3) is 5.56 Å². The number of nitrogens with one attached hydrogen (secondary N) is 1. The molecule has 1 aromatic rings. The van der Waals surface area contributed by atoms with Crippen molar-refractivity contribution in [3.63, 3.8) is 0 Å². The number of halogens is 1. The highest BCUT2D eigenvalue weighted by atomic mass is 35.5. The lowest BCUT2D eigenvalue weighted by Gasteiger charge is -2.14. The van der Waals surface area contributed by atoms with Crippen LogP contribution in [0.3, 0.4) is 0 Å². The second kappa shape index (κ2) is 5.98. The summed E-state index contributed by atoms with van der Waals surface area (Å²) in [6, 6.07) is 0.144. The first-order chi connectivity index (χ1) is 11.3. The Morgan fingerprint density at radius 3 is 2.62 bits per heavy atom. The monoisotopic (exact) mass is 349 g/mol. The zero-order chi connectivity index (χ0) is 17.6. The summed E-state index contributed by atoms with van der Waals surface area (Å²) < 4.78 is 3.59. The molecule has 2 heterocycles. The Bertz CT molecular complexity index is 870. The van der Waals surface area contributed by atoms with Crippen LogP contribution in [0, 0.1) is 0 Å². The maximum Gasteiger partial charge on any atom is 0.294 e. The summed E-state index contributed by atoms with van der Waals surface area (Å²) in [4.78, 5) is 29.0. The summed E-state index contributed by atoms with van der Waals surface area (Å²) in [7, 11) is 0. The number of hydrogen-bond acceptors (Lipinski definition) is 5. The minimum atomic E-state index is -0.315. The summed E-state index contributed by atoms with van der Waals surface area (Å²) in [6.07, 6.45) is 2.48. The average molecular weight is 350 g/mol. The molecule has 0 amide bonds. The van der Waals surface area contributed by atoms with Gasteiger partial charge in [0, 0.05) is 24.7 Å². The third-order valence-corrected chi connectivity index (χ3v) is 4.41. The Kier molecular flexibility index (Phi) is 4.13. The first-order valence-corrected chi connectivity index (χ1v) is 8.26. The lowest BCUT2D eigenvalue weighted by atomic mass is 10.0. The Balaban J connectivity index is 2.17. The number of aliphatic imine (C=N–C) groups is 1. The van der Waals surface area contributed by atoms with Crippen molar-refractivity contribution in [2.75, 3.05) is 5.32 Å². The predicted molar refractivity (Wildman–Crippen MR) is 95.0 cm³/mol. The highest BCUT2D eigenvalue weighted by molar-refractivity contribution is 6.49. The van der Waals surface area contributed by atoms with Gasteiger partial charge < -0.3 is 11.1 Å². The summed E-state index contributed by atoms with van der Waals surface area (Å²) in [5.74, 6) is 0.358. The number of hydrogen-bond donors (Lipinski definition) is 2. The number of rotatable bonds is 3. The first-order valence-electron chi connectivity index (χ1n) is 7.88. The van der Waals surface area contributed by atoms with E-state index in [2.05, 4.69) is 10.3 Å². The van der Waals surface area contributed by atoms with Crippen LogP contribution in [0.15, 0.2) is 32.2 Å². The zero-order valence-electron chi connectivity index (χ0n) is 13.9. The third-order valence-electron chi connectivity index (χ3n) is 4.03. The van der Waals surface area contributed by atoms with Gasteiger partial charge in [0.05, 0.1) is 11.4 Å². The number of nitrogens with two attached hydrogens (primary N) is 1. The zero-order valence-corrected chi connectivity index (χ0v) is 14.6. The second-order valence-corrected chi connectivity index (χ2v) is 6.66. The molecule has 0 atom stereocenters. The van der Waals surface area contributed by atoms with Crippen molar-refractivity contribution in [2.45, 2.75) is 46.3 Å². The molecule has 0 unspecified atom stereocenters. The standard InChI is InChI=1S/C16H20ClN5O2/c1-8(2)19-15-13(16(24)22-6-4-5-21(15)22)20-10-7-9(3)14(23)11(17)12(10)18/h7-8,19H,4-6,18H2,1-3H3. The third kappa shape index (κ3) is 2.58. The molecular formula is C16H20ClN5O2. The van der Waals surface area contributed by atoms with Crippen LogP contribution in [0.2, 0.25) is 0 Å². The van der Waals surface area contributed by atoms with Crippen molar-refractivity contribution in [2.24, 2.45) is 10.7 Å². The van der Waals surface area contributed by atoms with Gasteiger partial charge in [-0.05, 0) is 33.3 Å². The van der Waals surface area contributed by atoms with Gasteiger partial charge in [0.15, 0.2) is 11.5 Å². The van der Waals surface area contributed by atoms with E-state index in [1.807, 2.05) is 18.5 Å². The second-order valence-electron chi connectivity index (χ2n) is 6.28. The highest BCUT2D eigenvalue weighted by Gasteiger charge is 2.26. The van der Waals surface area contributed by atoms with E-state index < -0.39 is 0 Å². The van der Waals surface area contributed by atoms with Gasteiger partial charge >= 0.3 is 0 Å². The van der Waals surface area contributed by atoms with Crippen LogP contribution in [-0.2, 0) is 17.9 Å². The maximum atomic E-state index is 12.7. The summed E-state index contributed by atoms with van der Waals surface area (Å²) in [5, 5.41) is 3.23. The number of carbonyl (C=O) groups excluding carboxylic acids is 1. The van der Waals surface area contributed by atoms with Crippen LogP contribution < -0.4 is 16.6 Å². The summed E-state index contributed by atoms with van der Waals surface area (Å²) >= 11 is 5.99. The Hall–Kier alpha value is -2.28. The van der Waals surface area contributed by atoms with Gasteiger partial charge in [0.2, 0.25) is 5.78 Å². The van der Waals surface area contributed by atoms with Crippen molar-refractivity contribution < 1.29 is 4.79 Å². The minimum absolute atomic E-state index is 0.0565. The average Bonchev–Trinajstić information content (AvgIpc) is 3.09. The fourth-order valence-electron chi connectivity index (χ4n) is 2.89. The molecule has 7 nitrogen and oxygen atoms in total. The van der Waals surface area contributed by atoms with E-state index in [1.54, 1.807) is 17.7 Å². The number of ketones is 1. The molecule has 24 heavy (non-hydrogen) atoms. The molecule has 3 N–H and O–H groups in total. The van der Waals surface area contributed by atoms with Crippen LogP contribution in [0.25, 0.3) is 0 Å². The molecule has 0 bridgehead atoms. The Morgan fingerprint density at radius 2 is 1.96 bits per heavy atom. The van der Waals surface area contributed by atoms with Crippen LogP contribution >= 0.6 is 11.6 Å². The maximum absolute atomic E-state index is 12.7. The number of fused-ring (bicyclic) bond motifs is 1. The molecule has 1 aliphatic heterocycles. The van der Waals surface area contributed by atoms with Crippen LogP contribution in [0.4, 0.5) is 11.5 Å². The van der Waals surface area contributed by atoms with E-state index in [4.69, 9.17) is 17.3 Å². The van der Waals surface area contributed by atoms with E-state index in [0.29, 0.717) is 29.3 Å². The molecule has 0 saturated heterocycles. The van der Waals surface area contributed by atoms with E-state index in [1.165, 1.54) is 0 Å². The molecule has 3 rings (SSSR count). The van der Waals surface area contributed by atoms with Gasteiger partial charge in [-0.25, -0.2) is 9.67 Å². The molecule has 0 aromatic carbocycles. The van der Waals surface area contributed by atoms with Gasteiger partial charge in [-0.1, -0.05) is 11.6 Å². The van der Waals surface area contributed by atoms with Crippen molar-refractivity contribution in [1.29, 1.82) is 0 Å². The van der Waals surface area contributed by atoms with E-state index in [0.717, 1.165) is 13.0 Å². The van der Waals surface area contributed by atoms with Crippen molar-refractivity contribution >= 4 is 34.6 Å². The SMILES string of the molecule is CC1=CC(=Nc2c(NC(C)C)n3n(c2=O)CCC3)C(N)=C(Cl)C1=O. The Morgan fingerprint density at radius 1 is 1.29 bits per heavy atom. The molecule has 0 radical (unpaired) electrons. The molecule has 0 fully saturated rings. The fourth-order valence-corrected chi connectivity index (χ4v) is 3.13. The molecule has 1 aliphatic carbocycles. The van der Waals surface area contributed by atoms with Gasteiger partial charge in [-0.15, -0.1) is 0 Å². The van der Waals surface area contributed by atoms with Crippen molar-refractivity contribution in [3.8, 4) is 0 Å². The summed E-state index contributed by atoms with van der Waals surface area (Å²) in [6.45, 7) is 7.06. The topological polar surface area (TPSA) is 94.4 Å². The highest BCUT2D eigenvalue weighted by Crippen LogP contribution is 2.28. The number of nitrogens with zero attached hydrogens (tertiary/aromatic N) is 3. The van der Waals surface area contributed by atoms with Crippen LogP contribution in [0.1, 0.15) is 27.2 Å². The lowest BCUT2D eigenvalue weighted by Crippen LogP contribution is -2.21. The number of aromatic nitrogens is 2. The van der Waals surface area contributed by atoms with Crippen LogP contribution in [0.5, 0.6) is 0 Å². The molecule has 1 aromatic heterocycles. The molecule has 128 valence electrons. The first kappa shape index (κ1) is 16.6. The molecule has 8 heteroatoms. The normalized spacial score (nSPS) is 19.3. The largest absolute Gasteiger partial charge is 0.396 e. The minimum Gasteiger partial charge on any atom is -0.396 e. The lowest BCUT2D eigenvalue weighted by molar-refractivity contribution is -0.111. The summed E-state index contributed by atoms with van der Waals surface area (Å²) in [5.41, 5.74) is 6.93. The number of allylic oxidation sites excluding steroid dienone is 3. The van der Waals surface area contributed by atoms with E-state index in [9.17, 15) is 9.59 Å². The van der Waals surface area contributed by atoms with Crippen molar-refractivity contribution in [3.05, 3.63) is 32.7 Å². The predicted octanol–water partition coefficient (Wildman–Crippen LogP) is 1.88. The molecule has 0 spiro atoms. The molecular weight excluding hydrogens is 330 g/mol. The smallest absolute Gasteiger partial charge is 0.294 e. The van der Waals surface area contributed by atoms with Crippen molar-refractivity contribution in [1.82, 2.24) is 9.36 Å². The van der Waals surface area contributed by atoms with Gasteiger partial charge in [-0.2, -0.15) is 0 Å². The van der Waals surface area contributed by atoms with Gasteiger partial charge in [0.1, 0.15) is 5.03 Å². The quantitative estimate of drug-likeness (QED) is 0.815. The van der Waals surface area contributed by atoms with Crippen LogP contribution in [-0.4, -0.2) is 26.9 Å². The van der Waals surface area contributed by atoms with E-state index >= 15 is 0 Å². The number of carbonyl (C=O) groups is 1.